The number of ether oxygens (including phenoxy) is 1. The summed E-state index contributed by atoms with van der Waals surface area (Å²) in [5.41, 5.74) is 5.38. The van der Waals surface area contributed by atoms with Crippen molar-refractivity contribution in [2.75, 3.05) is 6.54 Å². The molecular formula is C23H26N2O2S. The van der Waals surface area contributed by atoms with Crippen LogP contribution in [0.1, 0.15) is 47.9 Å². The number of unbranched alkanes of at least 4 members (excludes halogenated alkanes) is 1. The number of aromatic nitrogens is 1. The third-order valence-corrected chi connectivity index (χ3v) is 6.45. The average Bonchev–Trinajstić information content (AvgIpc) is 3.05. The Morgan fingerprint density at radius 1 is 1.25 bits per heavy atom. The molecule has 0 unspecified atom stereocenters. The Morgan fingerprint density at radius 2 is 2.04 bits per heavy atom. The molecule has 0 atom stereocenters. The van der Waals surface area contributed by atoms with E-state index >= 15 is 0 Å². The van der Waals surface area contributed by atoms with Gasteiger partial charge in [-0.3, -0.25) is 4.79 Å². The number of esters is 1. The molecule has 5 heteroatoms. The SMILES string of the molecule is CCCCC(=O)Oc1c(C)nc2sc3c(c2c1-c1ccc(C)cc1)CNCC3. The minimum atomic E-state index is -0.179. The van der Waals surface area contributed by atoms with Crippen molar-refractivity contribution < 1.29 is 9.53 Å². The molecule has 0 spiro atoms. The van der Waals surface area contributed by atoms with E-state index in [1.807, 2.05) is 6.92 Å². The molecule has 28 heavy (non-hydrogen) atoms. The van der Waals surface area contributed by atoms with Gasteiger partial charge in [0.15, 0.2) is 5.75 Å². The van der Waals surface area contributed by atoms with Crippen molar-refractivity contribution in [3.8, 4) is 16.9 Å². The molecule has 4 rings (SSSR count). The molecule has 0 radical (unpaired) electrons. The van der Waals surface area contributed by atoms with Crippen LogP contribution in [0.4, 0.5) is 0 Å². The summed E-state index contributed by atoms with van der Waals surface area (Å²) in [7, 11) is 0. The van der Waals surface area contributed by atoms with E-state index < -0.39 is 0 Å². The number of carbonyl (C=O) groups excluding carboxylic acids is 1. The normalized spacial score (nSPS) is 13.5. The molecule has 146 valence electrons. The number of carbonyl (C=O) groups is 1. The van der Waals surface area contributed by atoms with Crippen LogP contribution in [-0.2, 0) is 17.8 Å². The van der Waals surface area contributed by atoms with Gasteiger partial charge in [-0.1, -0.05) is 43.2 Å². The highest BCUT2D eigenvalue weighted by Gasteiger charge is 2.25. The Kier molecular flexibility index (Phi) is 5.47. The average molecular weight is 395 g/mol. The van der Waals surface area contributed by atoms with Crippen molar-refractivity contribution in [2.24, 2.45) is 0 Å². The molecule has 3 aromatic rings. The number of fused-ring (bicyclic) bond motifs is 3. The highest BCUT2D eigenvalue weighted by atomic mass is 32.1. The van der Waals surface area contributed by atoms with Gasteiger partial charge in [0.25, 0.3) is 0 Å². The summed E-state index contributed by atoms with van der Waals surface area (Å²) in [6.07, 6.45) is 3.27. The van der Waals surface area contributed by atoms with E-state index in [4.69, 9.17) is 9.72 Å². The Labute approximate surface area is 169 Å². The minimum Gasteiger partial charge on any atom is -0.424 e. The van der Waals surface area contributed by atoms with Crippen molar-refractivity contribution in [3.63, 3.8) is 0 Å². The first-order valence-corrected chi connectivity index (χ1v) is 10.8. The first kappa shape index (κ1) is 19.1. The first-order chi connectivity index (χ1) is 13.6. The van der Waals surface area contributed by atoms with Gasteiger partial charge < -0.3 is 10.1 Å². The highest BCUT2D eigenvalue weighted by Crippen LogP contribution is 2.44. The van der Waals surface area contributed by atoms with Crippen molar-refractivity contribution >= 4 is 27.5 Å². The monoisotopic (exact) mass is 394 g/mol. The number of rotatable bonds is 5. The van der Waals surface area contributed by atoms with E-state index in [1.54, 1.807) is 11.3 Å². The fraction of sp³-hybridized carbons (Fsp3) is 0.391. The molecule has 1 aliphatic rings. The number of hydrogen-bond acceptors (Lipinski definition) is 5. The highest BCUT2D eigenvalue weighted by molar-refractivity contribution is 7.19. The summed E-state index contributed by atoms with van der Waals surface area (Å²) in [6, 6.07) is 8.45. The topological polar surface area (TPSA) is 51.2 Å². The summed E-state index contributed by atoms with van der Waals surface area (Å²) in [5, 5.41) is 4.62. The van der Waals surface area contributed by atoms with Crippen LogP contribution in [0.5, 0.6) is 5.75 Å². The number of nitrogens with zero attached hydrogens (tertiary/aromatic N) is 1. The lowest BCUT2D eigenvalue weighted by Crippen LogP contribution is -2.22. The van der Waals surface area contributed by atoms with Gasteiger partial charge in [0.1, 0.15) is 4.83 Å². The Balaban J connectivity index is 1.93. The summed E-state index contributed by atoms with van der Waals surface area (Å²) in [5.74, 6) is 0.435. The van der Waals surface area contributed by atoms with Crippen LogP contribution in [0.15, 0.2) is 24.3 Å². The van der Waals surface area contributed by atoms with E-state index in [1.165, 1.54) is 16.0 Å². The number of aryl methyl sites for hydroxylation is 2. The lowest BCUT2D eigenvalue weighted by Gasteiger charge is -2.17. The van der Waals surface area contributed by atoms with Gasteiger partial charge in [-0.2, -0.15) is 0 Å². The maximum atomic E-state index is 12.5. The zero-order valence-corrected chi connectivity index (χ0v) is 17.5. The minimum absolute atomic E-state index is 0.179. The number of pyridine rings is 1. The van der Waals surface area contributed by atoms with Gasteiger partial charge >= 0.3 is 5.97 Å². The molecule has 3 heterocycles. The molecule has 1 aromatic carbocycles. The lowest BCUT2D eigenvalue weighted by atomic mass is 9.96. The third kappa shape index (κ3) is 3.56. The maximum Gasteiger partial charge on any atom is 0.311 e. The van der Waals surface area contributed by atoms with Crippen LogP contribution in [0, 0.1) is 13.8 Å². The van der Waals surface area contributed by atoms with E-state index in [2.05, 4.69) is 43.4 Å². The number of thiophene rings is 1. The van der Waals surface area contributed by atoms with Crippen LogP contribution < -0.4 is 10.1 Å². The quantitative estimate of drug-likeness (QED) is 0.595. The summed E-state index contributed by atoms with van der Waals surface area (Å²) >= 11 is 1.78. The van der Waals surface area contributed by atoms with E-state index in [0.29, 0.717) is 12.2 Å². The summed E-state index contributed by atoms with van der Waals surface area (Å²) in [6.45, 7) is 7.93. The lowest BCUT2D eigenvalue weighted by molar-refractivity contribution is -0.134. The van der Waals surface area contributed by atoms with E-state index in [9.17, 15) is 4.79 Å². The molecule has 4 nitrogen and oxygen atoms in total. The van der Waals surface area contributed by atoms with Crippen LogP contribution in [0.25, 0.3) is 21.3 Å². The Hall–Kier alpha value is -2.24. The molecule has 0 bridgehead atoms. The molecule has 0 saturated carbocycles. The van der Waals surface area contributed by atoms with Gasteiger partial charge in [-0.05, 0) is 37.8 Å². The van der Waals surface area contributed by atoms with E-state index in [0.717, 1.165) is 59.4 Å². The van der Waals surface area contributed by atoms with Gasteiger partial charge in [0.2, 0.25) is 0 Å². The molecule has 1 aliphatic heterocycles. The predicted octanol–water partition coefficient (Wildman–Crippen LogP) is 5.32. The summed E-state index contributed by atoms with van der Waals surface area (Å²) in [4.78, 5) is 19.7. The van der Waals surface area contributed by atoms with Gasteiger partial charge in [0, 0.05) is 35.3 Å². The largest absolute Gasteiger partial charge is 0.424 e. The second-order valence-corrected chi connectivity index (χ2v) is 8.54. The fourth-order valence-electron chi connectivity index (χ4n) is 3.74. The molecule has 0 aliphatic carbocycles. The van der Waals surface area contributed by atoms with Crippen LogP contribution in [0.2, 0.25) is 0 Å². The van der Waals surface area contributed by atoms with Crippen molar-refractivity contribution in [3.05, 3.63) is 46.0 Å². The number of benzene rings is 1. The zero-order chi connectivity index (χ0) is 19.7. The summed E-state index contributed by atoms with van der Waals surface area (Å²) < 4.78 is 5.91. The Bertz CT molecular complexity index is 1020. The van der Waals surface area contributed by atoms with Crippen LogP contribution in [0.3, 0.4) is 0 Å². The van der Waals surface area contributed by atoms with Crippen LogP contribution >= 0.6 is 11.3 Å². The van der Waals surface area contributed by atoms with Gasteiger partial charge in [-0.25, -0.2) is 4.98 Å². The van der Waals surface area contributed by atoms with Crippen molar-refractivity contribution in [1.29, 1.82) is 0 Å². The maximum absolute atomic E-state index is 12.5. The van der Waals surface area contributed by atoms with Crippen molar-refractivity contribution in [1.82, 2.24) is 10.3 Å². The van der Waals surface area contributed by atoms with E-state index in [-0.39, 0.29) is 5.97 Å². The predicted molar refractivity (Wildman–Crippen MR) is 115 cm³/mol. The second kappa shape index (κ2) is 8.02. The molecule has 1 N–H and O–H groups in total. The molecular weight excluding hydrogens is 368 g/mol. The smallest absolute Gasteiger partial charge is 0.311 e. The van der Waals surface area contributed by atoms with Crippen LogP contribution in [-0.4, -0.2) is 17.5 Å². The standard InChI is InChI=1S/C23H26N2O2S/c1-4-5-6-19(26)27-22-15(3)25-23-21(17-13-24-12-11-18(17)28-23)20(22)16-9-7-14(2)8-10-16/h7-10,24H,4-6,11-13H2,1-3H3. The molecule has 0 amide bonds. The second-order valence-electron chi connectivity index (χ2n) is 7.46. The molecule has 2 aromatic heterocycles. The van der Waals surface area contributed by atoms with Crippen molar-refractivity contribution in [2.45, 2.75) is 53.0 Å². The Morgan fingerprint density at radius 3 is 2.79 bits per heavy atom. The van der Waals surface area contributed by atoms with Gasteiger partial charge in [-0.15, -0.1) is 11.3 Å². The zero-order valence-electron chi connectivity index (χ0n) is 16.7. The first-order valence-electron chi connectivity index (χ1n) is 10.0. The molecule has 0 fully saturated rings. The third-order valence-electron chi connectivity index (χ3n) is 5.27. The molecule has 0 saturated heterocycles. The van der Waals surface area contributed by atoms with Gasteiger partial charge in [0.05, 0.1) is 5.69 Å². The fourth-order valence-corrected chi connectivity index (χ4v) is 4.99. The number of hydrogen-bond donors (Lipinski definition) is 1. The number of nitrogens with one attached hydrogen (secondary N) is 1.